The number of rotatable bonds is 7. The monoisotopic (exact) mass is 288 g/mol. The molecular weight excluding hydrogens is 264 g/mol. The lowest BCUT2D eigenvalue weighted by Crippen LogP contribution is -2.33. The van der Waals surface area contributed by atoms with Crippen LogP contribution in [0.4, 0.5) is 0 Å². The summed E-state index contributed by atoms with van der Waals surface area (Å²) in [7, 11) is 0. The highest BCUT2D eigenvalue weighted by atomic mass is 32.1. The fourth-order valence-corrected chi connectivity index (χ4v) is 3.30. The summed E-state index contributed by atoms with van der Waals surface area (Å²) in [6.45, 7) is 7.64. The second-order valence-electron chi connectivity index (χ2n) is 5.52. The molecule has 1 aromatic carbocycles. The van der Waals surface area contributed by atoms with Gasteiger partial charge < -0.3 is 5.32 Å². The average molecular weight is 288 g/mol. The third-order valence-corrected chi connectivity index (χ3v) is 4.18. The van der Waals surface area contributed by atoms with Gasteiger partial charge in [-0.1, -0.05) is 36.2 Å². The van der Waals surface area contributed by atoms with Gasteiger partial charge in [-0.15, -0.1) is 11.3 Å². The van der Waals surface area contributed by atoms with E-state index in [1.807, 2.05) is 11.7 Å². The predicted octanol–water partition coefficient (Wildman–Crippen LogP) is 3.91. The maximum atomic E-state index is 4.18. The van der Waals surface area contributed by atoms with Crippen molar-refractivity contribution in [3.05, 3.63) is 51.5 Å². The summed E-state index contributed by atoms with van der Waals surface area (Å²) in [5.41, 5.74) is 6.06. The van der Waals surface area contributed by atoms with Gasteiger partial charge in [0.2, 0.25) is 0 Å². The van der Waals surface area contributed by atoms with Gasteiger partial charge >= 0.3 is 0 Å². The smallest absolute Gasteiger partial charge is 0.0794 e. The van der Waals surface area contributed by atoms with Crippen molar-refractivity contribution in [2.24, 2.45) is 0 Å². The highest BCUT2D eigenvalue weighted by molar-refractivity contribution is 7.09. The summed E-state index contributed by atoms with van der Waals surface area (Å²) in [5, 5.41) is 3.67. The minimum absolute atomic E-state index is 0.497. The Morgan fingerprint density at radius 2 is 1.90 bits per heavy atom. The van der Waals surface area contributed by atoms with E-state index in [0.717, 1.165) is 19.4 Å². The average Bonchev–Trinajstić information content (AvgIpc) is 2.87. The summed E-state index contributed by atoms with van der Waals surface area (Å²) >= 11 is 1.75. The van der Waals surface area contributed by atoms with Crippen LogP contribution >= 0.6 is 11.3 Å². The standard InChI is InChI=1S/C17H24N2S/c1-4-5-19-16(10-17-11-18-12-20-17)9-15-7-13(2)6-14(3)8-15/h6-8,11-12,16,19H,4-5,9-10H2,1-3H3. The van der Waals surface area contributed by atoms with Gasteiger partial charge in [-0.2, -0.15) is 0 Å². The summed E-state index contributed by atoms with van der Waals surface area (Å²) in [6, 6.07) is 7.35. The second-order valence-corrected chi connectivity index (χ2v) is 6.49. The van der Waals surface area contributed by atoms with Gasteiger partial charge in [0.15, 0.2) is 0 Å². The topological polar surface area (TPSA) is 24.9 Å². The Morgan fingerprint density at radius 3 is 2.50 bits per heavy atom. The molecule has 1 aromatic heterocycles. The maximum absolute atomic E-state index is 4.18. The van der Waals surface area contributed by atoms with Crippen LogP contribution in [0.3, 0.4) is 0 Å². The van der Waals surface area contributed by atoms with E-state index in [-0.39, 0.29) is 0 Å². The Hall–Kier alpha value is -1.19. The van der Waals surface area contributed by atoms with Gasteiger partial charge in [0, 0.05) is 17.1 Å². The van der Waals surface area contributed by atoms with E-state index in [1.165, 1.54) is 28.0 Å². The molecule has 20 heavy (non-hydrogen) atoms. The first-order chi connectivity index (χ1) is 9.67. The molecule has 0 saturated carbocycles. The van der Waals surface area contributed by atoms with Crippen molar-refractivity contribution in [2.45, 2.75) is 46.1 Å². The minimum Gasteiger partial charge on any atom is -0.313 e. The van der Waals surface area contributed by atoms with Crippen molar-refractivity contribution >= 4 is 11.3 Å². The van der Waals surface area contributed by atoms with Crippen LogP contribution in [0.5, 0.6) is 0 Å². The van der Waals surface area contributed by atoms with Crippen molar-refractivity contribution < 1.29 is 0 Å². The molecule has 0 spiro atoms. The third kappa shape index (κ3) is 4.73. The number of hydrogen-bond acceptors (Lipinski definition) is 3. The van der Waals surface area contributed by atoms with Crippen LogP contribution in [0.1, 0.15) is 34.9 Å². The van der Waals surface area contributed by atoms with Gasteiger partial charge in [-0.05, 0) is 45.2 Å². The Kier molecular flexibility index (Phi) is 5.74. The van der Waals surface area contributed by atoms with Crippen LogP contribution in [0.15, 0.2) is 29.9 Å². The molecule has 0 fully saturated rings. The van der Waals surface area contributed by atoms with Crippen LogP contribution in [0.25, 0.3) is 0 Å². The molecule has 2 nitrogen and oxygen atoms in total. The zero-order chi connectivity index (χ0) is 14.4. The lowest BCUT2D eigenvalue weighted by atomic mass is 9.99. The fraction of sp³-hybridized carbons (Fsp3) is 0.471. The molecule has 1 unspecified atom stereocenters. The summed E-state index contributed by atoms with van der Waals surface area (Å²) in [4.78, 5) is 5.55. The first kappa shape index (κ1) is 15.2. The van der Waals surface area contributed by atoms with Gasteiger partial charge in [0.25, 0.3) is 0 Å². The Morgan fingerprint density at radius 1 is 1.15 bits per heavy atom. The highest BCUT2D eigenvalue weighted by Gasteiger charge is 2.11. The predicted molar refractivity (Wildman–Crippen MR) is 87.5 cm³/mol. The molecule has 0 aliphatic heterocycles. The minimum atomic E-state index is 0.497. The zero-order valence-electron chi connectivity index (χ0n) is 12.6. The van der Waals surface area contributed by atoms with Gasteiger partial charge in [-0.3, -0.25) is 4.98 Å². The van der Waals surface area contributed by atoms with E-state index < -0.39 is 0 Å². The second kappa shape index (κ2) is 7.55. The number of aryl methyl sites for hydroxylation is 2. The van der Waals surface area contributed by atoms with Gasteiger partial charge in [0.05, 0.1) is 5.51 Å². The molecule has 0 bridgehead atoms. The molecule has 3 heteroatoms. The SMILES string of the molecule is CCCNC(Cc1cc(C)cc(C)c1)Cc1cncs1. The van der Waals surface area contributed by atoms with E-state index in [9.17, 15) is 0 Å². The molecule has 1 heterocycles. The molecule has 0 saturated heterocycles. The number of nitrogens with zero attached hydrogens (tertiary/aromatic N) is 1. The van der Waals surface area contributed by atoms with E-state index >= 15 is 0 Å². The molecule has 0 amide bonds. The largest absolute Gasteiger partial charge is 0.313 e. The van der Waals surface area contributed by atoms with Crippen molar-refractivity contribution in [2.75, 3.05) is 6.54 Å². The summed E-state index contributed by atoms with van der Waals surface area (Å²) in [5.74, 6) is 0. The van der Waals surface area contributed by atoms with Gasteiger partial charge in [-0.25, -0.2) is 0 Å². The zero-order valence-corrected chi connectivity index (χ0v) is 13.5. The molecular formula is C17H24N2S. The number of nitrogens with one attached hydrogen (secondary N) is 1. The molecule has 0 aliphatic carbocycles. The Bertz CT molecular complexity index is 500. The van der Waals surface area contributed by atoms with Crippen molar-refractivity contribution in [3.63, 3.8) is 0 Å². The molecule has 1 N–H and O–H groups in total. The van der Waals surface area contributed by atoms with Crippen LogP contribution in [-0.2, 0) is 12.8 Å². The number of hydrogen-bond donors (Lipinski definition) is 1. The first-order valence-electron chi connectivity index (χ1n) is 7.35. The van der Waals surface area contributed by atoms with E-state index in [1.54, 1.807) is 11.3 Å². The lowest BCUT2D eigenvalue weighted by molar-refractivity contribution is 0.507. The fourth-order valence-electron chi connectivity index (χ4n) is 2.62. The maximum Gasteiger partial charge on any atom is 0.0794 e. The Balaban J connectivity index is 2.05. The Labute approximate surface area is 126 Å². The molecule has 1 atom stereocenters. The molecule has 2 aromatic rings. The summed E-state index contributed by atoms with van der Waals surface area (Å²) in [6.07, 6.45) is 5.32. The first-order valence-corrected chi connectivity index (χ1v) is 8.23. The molecule has 0 aliphatic rings. The molecule has 0 radical (unpaired) electrons. The molecule has 2 rings (SSSR count). The summed E-state index contributed by atoms with van der Waals surface area (Å²) < 4.78 is 0. The van der Waals surface area contributed by atoms with E-state index in [2.05, 4.69) is 49.3 Å². The van der Waals surface area contributed by atoms with Crippen molar-refractivity contribution in [3.8, 4) is 0 Å². The molecule has 108 valence electrons. The van der Waals surface area contributed by atoms with Gasteiger partial charge in [0.1, 0.15) is 0 Å². The number of benzene rings is 1. The highest BCUT2D eigenvalue weighted by Crippen LogP contribution is 2.15. The quantitative estimate of drug-likeness (QED) is 0.835. The van der Waals surface area contributed by atoms with E-state index in [0.29, 0.717) is 6.04 Å². The third-order valence-electron chi connectivity index (χ3n) is 3.38. The van der Waals surface area contributed by atoms with Crippen LogP contribution < -0.4 is 5.32 Å². The van der Waals surface area contributed by atoms with Crippen LogP contribution in [-0.4, -0.2) is 17.6 Å². The normalized spacial score (nSPS) is 12.6. The van der Waals surface area contributed by atoms with E-state index in [4.69, 9.17) is 0 Å². The van der Waals surface area contributed by atoms with Crippen molar-refractivity contribution in [1.29, 1.82) is 0 Å². The van der Waals surface area contributed by atoms with Crippen LogP contribution in [0.2, 0.25) is 0 Å². The number of aromatic nitrogens is 1. The number of thiazole rings is 1. The lowest BCUT2D eigenvalue weighted by Gasteiger charge is -2.18. The van der Waals surface area contributed by atoms with Crippen molar-refractivity contribution in [1.82, 2.24) is 10.3 Å². The van der Waals surface area contributed by atoms with Crippen LogP contribution in [0, 0.1) is 13.8 Å².